The molecule has 1 unspecified atom stereocenters. The number of piperazine rings is 1. The van der Waals surface area contributed by atoms with Gasteiger partial charge in [0.1, 0.15) is 4.21 Å². The number of likely N-dealkylation sites (N-methyl/N-ethyl adjacent to an activating group) is 1. The summed E-state index contributed by atoms with van der Waals surface area (Å²) in [6.07, 6.45) is 0. The van der Waals surface area contributed by atoms with E-state index in [1.807, 2.05) is 0 Å². The second kappa shape index (κ2) is 5.58. The van der Waals surface area contributed by atoms with E-state index in [9.17, 15) is 8.42 Å². The molecule has 0 N–H and O–H groups in total. The Kier molecular flexibility index (Phi) is 4.48. The number of thiophene rings is 1. The van der Waals surface area contributed by atoms with Gasteiger partial charge in [-0.25, -0.2) is 8.42 Å². The standard InChI is InChI=1S/C11H17BrN2O2S2/c1-3-13-5-6-14(8-9(13)2)18(15,16)11-10(12)4-7-17-11/h4,7,9H,3,5-6,8H2,1-2H3. The van der Waals surface area contributed by atoms with E-state index in [1.165, 1.54) is 11.3 Å². The Hall–Kier alpha value is 0.0500. The van der Waals surface area contributed by atoms with E-state index in [2.05, 4.69) is 34.7 Å². The van der Waals surface area contributed by atoms with Crippen LogP contribution >= 0.6 is 27.3 Å². The molecular formula is C11H17BrN2O2S2. The number of hydrogen-bond donors (Lipinski definition) is 0. The third-order valence-corrected chi connectivity index (χ3v) is 7.81. The van der Waals surface area contributed by atoms with E-state index < -0.39 is 10.0 Å². The van der Waals surface area contributed by atoms with Crippen LogP contribution in [0.5, 0.6) is 0 Å². The summed E-state index contributed by atoms with van der Waals surface area (Å²) in [7, 11) is -3.34. The fraction of sp³-hybridized carbons (Fsp3) is 0.636. The van der Waals surface area contributed by atoms with Gasteiger partial charge in [-0.3, -0.25) is 4.90 Å². The van der Waals surface area contributed by atoms with Crippen LogP contribution < -0.4 is 0 Å². The Balaban J connectivity index is 2.21. The first-order chi connectivity index (χ1) is 8.46. The summed E-state index contributed by atoms with van der Waals surface area (Å²) in [6, 6.07) is 2.06. The zero-order valence-electron chi connectivity index (χ0n) is 10.5. The van der Waals surface area contributed by atoms with E-state index in [-0.39, 0.29) is 6.04 Å². The highest BCUT2D eigenvalue weighted by molar-refractivity contribution is 9.10. The molecule has 1 aliphatic heterocycles. The molecule has 1 atom stereocenters. The van der Waals surface area contributed by atoms with Crippen LogP contribution in [0.4, 0.5) is 0 Å². The van der Waals surface area contributed by atoms with E-state index in [1.54, 1.807) is 15.8 Å². The second-order valence-electron chi connectivity index (χ2n) is 4.40. The Morgan fingerprint density at radius 3 is 2.72 bits per heavy atom. The molecule has 18 heavy (non-hydrogen) atoms. The number of rotatable bonds is 3. The lowest BCUT2D eigenvalue weighted by molar-refractivity contribution is 0.136. The first-order valence-electron chi connectivity index (χ1n) is 5.94. The highest BCUT2D eigenvalue weighted by Crippen LogP contribution is 2.31. The average molecular weight is 353 g/mol. The Labute approximate surface area is 121 Å². The topological polar surface area (TPSA) is 40.6 Å². The van der Waals surface area contributed by atoms with Crippen molar-refractivity contribution in [1.29, 1.82) is 0 Å². The molecule has 1 aromatic heterocycles. The summed E-state index contributed by atoms with van der Waals surface area (Å²) in [6.45, 7) is 7.11. The van der Waals surface area contributed by atoms with Crippen molar-refractivity contribution in [3.05, 3.63) is 15.9 Å². The molecule has 1 aliphatic rings. The van der Waals surface area contributed by atoms with Crippen LogP contribution in [-0.4, -0.2) is 49.8 Å². The number of nitrogens with zero attached hydrogens (tertiary/aromatic N) is 2. The number of halogens is 1. The fourth-order valence-corrected chi connectivity index (χ4v) is 6.19. The summed E-state index contributed by atoms with van der Waals surface area (Å²) in [5, 5.41) is 1.79. The molecular weight excluding hydrogens is 336 g/mol. The zero-order valence-corrected chi connectivity index (χ0v) is 13.7. The Morgan fingerprint density at radius 2 is 2.22 bits per heavy atom. The fourth-order valence-electron chi connectivity index (χ4n) is 2.23. The molecule has 0 saturated carbocycles. The lowest BCUT2D eigenvalue weighted by Crippen LogP contribution is -2.53. The highest BCUT2D eigenvalue weighted by atomic mass is 79.9. The largest absolute Gasteiger partial charge is 0.298 e. The molecule has 4 nitrogen and oxygen atoms in total. The zero-order chi connectivity index (χ0) is 13.3. The normalized spacial score (nSPS) is 23.4. The van der Waals surface area contributed by atoms with Gasteiger partial charge in [0.2, 0.25) is 0 Å². The SMILES string of the molecule is CCN1CCN(S(=O)(=O)c2sccc2Br)CC1C. The van der Waals surface area contributed by atoms with Gasteiger partial charge in [0, 0.05) is 30.1 Å². The minimum Gasteiger partial charge on any atom is -0.298 e. The van der Waals surface area contributed by atoms with Crippen molar-refractivity contribution in [3.63, 3.8) is 0 Å². The summed E-state index contributed by atoms with van der Waals surface area (Å²) >= 11 is 4.57. The summed E-state index contributed by atoms with van der Waals surface area (Å²) < 4.78 is 27.7. The van der Waals surface area contributed by atoms with Crippen LogP contribution in [-0.2, 0) is 10.0 Å². The molecule has 0 radical (unpaired) electrons. The first kappa shape index (κ1) is 14.5. The average Bonchev–Trinajstić information content (AvgIpc) is 2.76. The van der Waals surface area contributed by atoms with Crippen molar-refractivity contribution in [2.24, 2.45) is 0 Å². The molecule has 1 saturated heterocycles. The molecule has 1 aromatic rings. The van der Waals surface area contributed by atoms with Crippen molar-refractivity contribution in [1.82, 2.24) is 9.21 Å². The molecule has 0 spiro atoms. The van der Waals surface area contributed by atoms with Crippen LogP contribution in [0.25, 0.3) is 0 Å². The molecule has 0 aliphatic carbocycles. The molecule has 102 valence electrons. The highest BCUT2D eigenvalue weighted by Gasteiger charge is 2.33. The maximum atomic E-state index is 12.5. The van der Waals surface area contributed by atoms with Gasteiger partial charge in [-0.1, -0.05) is 6.92 Å². The smallest absolute Gasteiger partial charge is 0.253 e. The minimum absolute atomic E-state index is 0.275. The van der Waals surface area contributed by atoms with Gasteiger partial charge in [-0.15, -0.1) is 11.3 Å². The van der Waals surface area contributed by atoms with Gasteiger partial charge < -0.3 is 0 Å². The van der Waals surface area contributed by atoms with Gasteiger partial charge >= 0.3 is 0 Å². The van der Waals surface area contributed by atoms with E-state index in [0.29, 0.717) is 21.8 Å². The van der Waals surface area contributed by atoms with E-state index in [4.69, 9.17) is 0 Å². The molecule has 1 fully saturated rings. The molecule has 7 heteroatoms. The molecule has 0 aromatic carbocycles. The number of hydrogen-bond acceptors (Lipinski definition) is 4. The van der Waals surface area contributed by atoms with Crippen molar-refractivity contribution in [2.45, 2.75) is 24.1 Å². The predicted octanol–water partition coefficient (Wildman–Crippen LogP) is 2.23. The van der Waals surface area contributed by atoms with Crippen molar-refractivity contribution >= 4 is 37.3 Å². The summed E-state index contributed by atoms with van der Waals surface area (Å²) in [4.78, 5) is 2.30. The van der Waals surface area contributed by atoms with Crippen LogP contribution in [0, 0.1) is 0 Å². The van der Waals surface area contributed by atoms with Gasteiger partial charge in [-0.2, -0.15) is 4.31 Å². The summed E-state index contributed by atoms with van der Waals surface area (Å²) in [5.74, 6) is 0. The van der Waals surface area contributed by atoms with Crippen LogP contribution in [0.3, 0.4) is 0 Å². The second-order valence-corrected chi connectivity index (χ2v) is 8.30. The lowest BCUT2D eigenvalue weighted by atomic mass is 10.2. The van der Waals surface area contributed by atoms with Gasteiger partial charge in [0.15, 0.2) is 0 Å². The molecule has 2 rings (SSSR count). The molecule has 0 bridgehead atoms. The van der Waals surface area contributed by atoms with Crippen LogP contribution in [0.2, 0.25) is 0 Å². The minimum atomic E-state index is -3.34. The van der Waals surface area contributed by atoms with Crippen molar-refractivity contribution in [3.8, 4) is 0 Å². The van der Waals surface area contributed by atoms with Crippen LogP contribution in [0.1, 0.15) is 13.8 Å². The van der Waals surface area contributed by atoms with Crippen molar-refractivity contribution in [2.75, 3.05) is 26.2 Å². The predicted molar refractivity (Wildman–Crippen MR) is 77.5 cm³/mol. The maximum absolute atomic E-state index is 12.5. The molecule has 0 amide bonds. The van der Waals surface area contributed by atoms with Gasteiger partial charge in [0.25, 0.3) is 10.0 Å². The summed E-state index contributed by atoms with van der Waals surface area (Å²) in [5.41, 5.74) is 0. The molecule has 2 heterocycles. The lowest BCUT2D eigenvalue weighted by Gasteiger charge is -2.38. The van der Waals surface area contributed by atoms with E-state index in [0.717, 1.165) is 13.1 Å². The monoisotopic (exact) mass is 352 g/mol. The third kappa shape index (κ3) is 2.65. The third-order valence-electron chi connectivity index (χ3n) is 3.29. The van der Waals surface area contributed by atoms with Crippen molar-refractivity contribution < 1.29 is 8.42 Å². The Morgan fingerprint density at radius 1 is 1.50 bits per heavy atom. The quantitative estimate of drug-likeness (QED) is 0.837. The van der Waals surface area contributed by atoms with Crippen LogP contribution in [0.15, 0.2) is 20.1 Å². The first-order valence-corrected chi connectivity index (χ1v) is 9.05. The maximum Gasteiger partial charge on any atom is 0.253 e. The van der Waals surface area contributed by atoms with Gasteiger partial charge in [-0.05, 0) is 40.8 Å². The Bertz CT molecular complexity index is 515. The van der Waals surface area contributed by atoms with Gasteiger partial charge in [0.05, 0.1) is 0 Å². The van der Waals surface area contributed by atoms with E-state index >= 15 is 0 Å². The number of sulfonamides is 1.